The second kappa shape index (κ2) is 5.61. The van der Waals surface area contributed by atoms with E-state index < -0.39 is 0 Å². The molecule has 0 aromatic carbocycles. The number of anilines is 1. The summed E-state index contributed by atoms with van der Waals surface area (Å²) >= 11 is 1.77. The first-order chi connectivity index (χ1) is 7.83. The fourth-order valence-electron chi connectivity index (χ4n) is 1.95. The molecule has 0 bridgehead atoms. The van der Waals surface area contributed by atoms with Gasteiger partial charge in [0, 0.05) is 44.6 Å². The van der Waals surface area contributed by atoms with Crippen LogP contribution in [-0.4, -0.2) is 49.2 Å². The molecule has 0 aliphatic carbocycles. The normalized spacial score (nSPS) is 18.0. The van der Waals surface area contributed by atoms with E-state index in [2.05, 4.69) is 27.1 Å². The Bertz CT molecular complexity index is 318. The second-order valence-electron chi connectivity index (χ2n) is 4.09. The summed E-state index contributed by atoms with van der Waals surface area (Å²) in [6.45, 7) is 8.31. The van der Waals surface area contributed by atoms with Crippen molar-refractivity contribution in [3.05, 3.63) is 11.1 Å². The van der Waals surface area contributed by atoms with Crippen molar-refractivity contribution in [3.8, 4) is 0 Å². The van der Waals surface area contributed by atoms with E-state index in [1.54, 1.807) is 11.3 Å². The van der Waals surface area contributed by atoms with Gasteiger partial charge in [-0.25, -0.2) is 4.98 Å². The summed E-state index contributed by atoms with van der Waals surface area (Å²) in [4.78, 5) is 9.43. The van der Waals surface area contributed by atoms with Gasteiger partial charge in [-0.3, -0.25) is 4.90 Å². The van der Waals surface area contributed by atoms with E-state index in [1.807, 2.05) is 0 Å². The fourth-order valence-corrected chi connectivity index (χ4v) is 2.91. The Labute approximate surface area is 101 Å². The Morgan fingerprint density at radius 1 is 1.38 bits per heavy atom. The van der Waals surface area contributed by atoms with Crippen LogP contribution in [0.2, 0.25) is 0 Å². The summed E-state index contributed by atoms with van der Waals surface area (Å²) in [7, 11) is 0. The van der Waals surface area contributed by atoms with Gasteiger partial charge in [0.25, 0.3) is 0 Å². The summed E-state index contributed by atoms with van der Waals surface area (Å²) < 4.78 is 0. The van der Waals surface area contributed by atoms with Crippen LogP contribution in [0.3, 0.4) is 0 Å². The molecule has 4 nitrogen and oxygen atoms in total. The van der Waals surface area contributed by atoms with Crippen LogP contribution < -0.4 is 10.6 Å². The van der Waals surface area contributed by atoms with Gasteiger partial charge in [0.15, 0.2) is 5.13 Å². The van der Waals surface area contributed by atoms with Crippen molar-refractivity contribution in [2.45, 2.75) is 13.3 Å². The van der Waals surface area contributed by atoms with Gasteiger partial charge in [-0.2, -0.15) is 0 Å². The molecule has 2 heterocycles. The molecule has 16 heavy (non-hydrogen) atoms. The molecule has 90 valence electrons. The first-order valence-electron chi connectivity index (χ1n) is 5.95. The van der Waals surface area contributed by atoms with E-state index in [0.29, 0.717) is 0 Å². The quantitative estimate of drug-likeness (QED) is 0.845. The Hall–Kier alpha value is -0.650. The third kappa shape index (κ3) is 2.72. The topological polar surface area (TPSA) is 45.4 Å². The second-order valence-corrected chi connectivity index (χ2v) is 4.93. The molecular weight excluding hydrogens is 220 g/mol. The van der Waals surface area contributed by atoms with Crippen LogP contribution in [0.5, 0.6) is 0 Å². The highest BCUT2D eigenvalue weighted by Crippen LogP contribution is 2.21. The van der Waals surface area contributed by atoms with E-state index in [4.69, 9.17) is 5.73 Å². The number of nitrogens with zero attached hydrogens (tertiary/aromatic N) is 3. The first kappa shape index (κ1) is 11.8. The number of aryl methyl sites for hydroxylation is 1. The van der Waals surface area contributed by atoms with Crippen molar-refractivity contribution in [1.82, 2.24) is 9.88 Å². The third-order valence-electron chi connectivity index (χ3n) is 2.99. The monoisotopic (exact) mass is 240 g/mol. The average Bonchev–Trinajstić information content (AvgIpc) is 2.79. The molecular formula is C11H20N4S. The van der Waals surface area contributed by atoms with Gasteiger partial charge in [-0.1, -0.05) is 6.92 Å². The van der Waals surface area contributed by atoms with Crippen LogP contribution in [0.1, 0.15) is 12.6 Å². The van der Waals surface area contributed by atoms with Crippen molar-refractivity contribution in [3.63, 3.8) is 0 Å². The standard InChI is InChI=1S/C11H20N4S/c1-2-10-9-16-11(13-10)15-7-5-14(4-3-12)6-8-15/h9H,2-8,12H2,1H3. The van der Waals surface area contributed by atoms with Crippen molar-refractivity contribution < 1.29 is 0 Å². The minimum Gasteiger partial charge on any atom is -0.346 e. The molecule has 0 spiro atoms. The van der Waals surface area contributed by atoms with Gasteiger partial charge in [-0.05, 0) is 6.42 Å². The smallest absolute Gasteiger partial charge is 0.185 e. The van der Waals surface area contributed by atoms with Gasteiger partial charge < -0.3 is 10.6 Å². The SMILES string of the molecule is CCc1csc(N2CCN(CCN)CC2)n1. The van der Waals surface area contributed by atoms with Crippen LogP contribution in [-0.2, 0) is 6.42 Å². The molecule has 1 aliphatic heterocycles. The highest BCUT2D eigenvalue weighted by molar-refractivity contribution is 7.13. The highest BCUT2D eigenvalue weighted by atomic mass is 32.1. The molecule has 0 unspecified atom stereocenters. The number of hydrogen-bond acceptors (Lipinski definition) is 5. The van der Waals surface area contributed by atoms with E-state index in [9.17, 15) is 0 Å². The van der Waals surface area contributed by atoms with E-state index in [-0.39, 0.29) is 0 Å². The summed E-state index contributed by atoms with van der Waals surface area (Å²) in [6.07, 6.45) is 1.03. The minimum absolute atomic E-state index is 0.761. The maximum Gasteiger partial charge on any atom is 0.185 e. The number of thiazole rings is 1. The predicted octanol–water partition coefficient (Wildman–Crippen LogP) is 0.786. The van der Waals surface area contributed by atoms with Crippen molar-refractivity contribution in [1.29, 1.82) is 0 Å². The van der Waals surface area contributed by atoms with Gasteiger partial charge in [0.1, 0.15) is 0 Å². The molecule has 0 radical (unpaired) electrons. The van der Waals surface area contributed by atoms with E-state index >= 15 is 0 Å². The molecule has 1 fully saturated rings. The van der Waals surface area contributed by atoms with Gasteiger partial charge >= 0.3 is 0 Å². The summed E-state index contributed by atoms with van der Waals surface area (Å²) in [5.41, 5.74) is 6.77. The molecule has 1 aromatic rings. The molecule has 1 aromatic heterocycles. The van der Waals surface area contributed by atoms with Crippen molar-refractivity contribution in [2.24, 2.45) is 5.73 Å². The number of rotatable bonds is 4. The summed E-state index contributed by atoms with van der Waals surface area (Å²) in [5.74, 6) is 0. The lowest BCUT2D eigenvalue weighted by atomic mass is 10.3. The largest absolute Gasteiger partial charge is 0.346 e. The van der Waals surface area contributed by atoms with Crippen LogP contribution in [0, 0.1) is 0 Å². The predicted molar refractivity (Wildman–Crippen MR) is 69.2 cm³/mol. The zero-order valence-electron chi connectivity index (χ0n) is 9.85. The number of hydrogen-bond donors (Lipinski definition) is 1. The van der Waals surface area contributed by atoms with Crippen LogP contribution in [0.15, 0.2) is 5.38 Å². The highest BCUT2D eigenvalue weighted by Gasteiger charge is 2.18. The number of piperazine rings is 1. The molecule has 5 heteroatoms. The van der Waals surface area contributed by atoms with E-state index in [0.717, 1.165) is 45.7 Å². The van der Waals surface area contributed by atoms with Crippen LogP contribution in [0.4, 0.5) is 5.13 Å². The lowest BCUT2D eigenvalue weighted by Gasteiger charge is -2.34. The van der Waals surface area contributed by atoms with Crippen molar-refractivity contribution in [2.75, 3.05) is 44.2 Å². The molecule has 1 saturated heterocycles. The number of aromatic nitrogens is 1. The summed E-state index contributed by atoms with van der Waals surface area (Å²) in [5, 5.41) is 3.35. The lowest BCUT2D eigenvalue weighted by molar-refractivity contribution is 0.265. The third-order valence-corrected chi connectivity index (χ3v) is 3.94. The Morgan fingerprint density at radius 2 is 2.12 bits per heavy atom. The van der Waals surface area contributed by atoms with Gasteiger partial charge in [0.2, 0.25) is 0 Å². The lowest BCUT2D eigenvalue weighted by Crippen LogP contribution is -2.47. The maximum absolute atomic E-state index is 5.56. The van der Waals surface area contributed by atoms with Gasteiger partial charge in [0.05, 0.1) is 5.69 Å². The molecule has 0 amide bonds. The molecule has 2 rings (SSSR count). The van der Waals surface area contributed by atoms with Crippen molar-refractivity contribution >= 4 is 16.5 Å². The zero-order chi connectivity index (χ0) is 11.4. The van der Waals surface area contributed by atoms with Crippen LogP contribution in [0.25, 0.3) is 0 Å². The fraction of sp³-hybridized carbons (Fsp3) is 0.727. The number of nitrogens with two attached hydrogens (primary N) is 1. The summed E-state index contributed by atoms with van der Waals surface area (Å²) in [6, 6.07) is 0. The Balaban J connectivity index is 1.88. The van der Waals surface area contributed by atoms with E-state index in [1.165, 1.54) is 10.8 Å². The zero-order valence-corrected chi connectivity index (χ0v) is 10.7. The van der Waals surface area contributed by atoms with Gasteiger partial charge in [-0.15, -0.1) is 11.3 Å². The average molecular weight is 240 g/mol. The minimum atomic E-state index is 0.761. The van der Waals surface area contributed by atoms with Crippen LogP contribution >= 0.6 is 11.3 Å². The molecule has 0 saturated carbocycles. The first-order valence-corrected chi connectivity index (χ1v) is 6.83. The Kier molecular flexibility index (Phi) is 4.15. The molecule has 1 aliphatic rings. The maximum atomic E-state index is 5.56. The molecule has 2 N–H and O–H groups in total. The Morgan fingerprint density at radius 3 is 2.69 bits per heavy atom. The molecule has 0 atom stereocenters.